The van der Waals surface area contributed by atoms with Crippen LogP contribution in [0.5, 0.6) is 5.88 Å². The van der Waals surface area contributed by atoms with E-state index in [0.29, 0.717) is 6.61 Å². The normalized spacial score (nSPS) is 11.5. The summed E-state index contributed by atoms with van der Waals surface area (Å²) in [6.45, 7) is 11.2. The van der Waals surface area contributed by atoms with Crippen molar-refractivity contribution in [2.24, 2.45) is 0 Å². The van der Waals surface area contributed by atoms with E-state index in [2.05, 4.69) is 31.8 Å². The van der Waals surface area contributed by atoms with Crippen molar-refractivity contribution < 1.29 is 4.74 Å². The summed E-state index contributed by atoms with van der Waals surface area (Å²) in [5.74, 6) is 0.720. The predicted octanol–water partition coefficient (Wildman–Crippen LogP) is 3.09. The Bertz CT molecular complexity index is 313. The van der Waals surface area contributed by atoms with Gasteiger partial charge in [0.2, 0.25) is 5.88 Å². The average molecular weight is 193 g/mol. The van der Waals surface area contributed by atoms with Crippen LogP contribution >= 0.6 is 0 Å². The molecule has 14 heavy (non-hydrogen) atoms. The summed E-state index contributed by atoms with van der Waals surface area (Å²) < 4.78 is 5.34. The molecule has 0 aliphatic rings. The van der Waals surface area contributed by atoms with E-state index >= 15 is 0 Å². The highest BCUT2D eigenvalue weighted by Crippen LogP contribution is 2.25. The van der Waals surface area contributed by atoms with Gasteiger partial charge in [0.05, 0.1) is 6.61 Å². The van der Waals surface area contributed by atoms with Crippen LogP contribution in [0.3, 0.4) is 0 Å². The summed E-state index contributed by atoms with van der Waals surface area (Å²) in [5.41, 5.74) is 2.49. The second kappa shape index (κ2) is 3.99. The van der Waals surface area contributed by atoms with Gasteiger partial charge >= 0.3 is 0 Å². The van der Waals surface area contributed by atoms with Gasteiger partial charge in [-0.2, -0.15) is 0 Å². The van der Waals surface area contributed by atoms with E-state index < -0.39 is 0 Å². The molecular formula is C12H19NO. The first-order valence-electron chi connectivity index (χ1n) is 5.06. The summed E-state index contributed by atoms with van der Waals surface area (Å²) in [5, 5.41) is 0. The third-order valence-electron chi connectivity index (χ3n) is 2.16. The van der Waals surface area contributed by atoms with Gasteiger partial charge in [-0.1, -0.05) is 26.8 Å². The molecule has 0 aliphatic carbocycles. The predicted molar refractivity (Wildman–Crippen MR) is 58.8 cm³/mol. The molecule has 1 heterocycles. The highest BCUT2D eigenvalue weighted by Gasteiger charge is 2.17. The first-order chi connectivity index (χ1) is 6.45. The van der Waals surface area contributed by atoms with Gasteiger partial charge < -0.3 is 4.74 Å². The molecule has 0 saturated heterocycles. The van der Waals surface area contributed by atoms with Gasteiger partial charge in [0.15, 0.2) is 0 Å². The number of ether oxygens (including phenoxy) is 1. The topological polar surface area (TPSA) is 22.1 Å². The molecule has 0 fully saturated rings. The van der Waals surface area contributed by atoms with Crippen LogP contribution in [-0.4, -0.2) is 11.6 Å². The Labute approximate surface area is 86.3 Å². The lowest BCUT2D eigenvalue weighted by molar-refractivity contribution is 0.325. The van der Waals surface area contributed by atoms with E-state index in [1.807, 2.05) is 19.9 Å². The van der Waals surface area contributed by atoms with Crippen molar-refractivity contribution in [1.29, 1.82) is 0 Å². The maximum Gasteiger partial charge on any atom is 0.213 e. The lowest BCUT2D eigenvalue weighted by Crippen LogP contribution is -2.14. The number of hydrogen-bond acceptors (Lipinski definition) is 2. The minimum Gasteiger partial charge on any atom is -0.478 e. The summed E-state index contributed by atoms with van der Waals surface area (Å²) in [6.07, 6.45) is 0. The first-order valence-corrected chi connectivity index (χ1v) is 5.06. The molecule has 1 aromatic rings. The molecule has 1 aromatic heterocycles. The molecule has 0 amide bonds. The number of nitrogens with zero attached hydrogens (tertiary/aromatic N) is 1. The number of aryl methyl sites for hydroxylation is 1. The minimum atomic E-state index is 0.155. The van der Waals surface area contributed by atoms with Gasteiger partial charge in [-0.15, -0.1) is 0 Å². The lowest BCUT2D eigenvalue weighted by atomic mass is 9.86. The third kappa shape index (κ3) is 2.47. The van der Waals surface area contributed by atoms with Crippen molar-refractivity contribution in [3.8, 4) is 5.88 Å². The van der Waals surface area contributed by atoms with Gasteiger partial charge in [0.1, 0.15) is 0 Å². The molecule has 78 valence electrons. The minimum absolute atomic E-state index is 0.155. The van der Waals surface area contributed by atoms with E-state index in [4.69, 9.17) is 4.74 Å². The molecule has 0 spiro atoms. The van der Waals surface area contributed by atoms with Gasteiger partial charge in [-0.05, 0) is 24.8 Å². The van der Waals surface area contributed by atoms with Crippen LogP contribution in [0, 0.1) is 6.92 Å². The Morgan fingerprint density at radius 3 is 2.36 bits per heavy atom. The molecule has 0 aliphatic heterocycles. The highest BCUT2D eigenvalue weighted by atomic mass is 16.5. The van der Waals surface area contributed by atoms with Crippen LogP contribution < -0.4 is 4.74 Å². The quantitative estimate of drug-likeness (QED) is 0.720. The van der Waals surface area contributed by atoms with E-state index in [9.17, 15) is 0 Å². The van der Waals surface area contributed by atoms with Crippen LogP contribution in [0.4, 0.5) is 0 Å². The molecule has 0 aromatic carbocycles. The third-order valence-corrected chi connectivity index (χ3v) is 2.16. The Morgan fingerprint density at radius 1 is 1.29 bits per heavy atom. The van der Waals surface area contributed by atoms with Crippen LogP contribution in [0.2, 0.25) is 0 Å². The van der Waals surface area contributed by atoms with Crippen molar-refractivity contribution in [3.05, 3.63) is 23.4 Å². The zero-order valence-electron chi connectivity index (χ0n) is 9.72. The first kappa shape index (κ1) is 11.0. The van der Waals surface area contributed by atoms with Crippen LogP contribution in [0.25, 0.3) is 0 Å². The van der Waals surface area contributed by atoms with Crippen molar-refractivity contribution in [3.63, 3.8) is 0 Å². The monoisotopic (exact) mass is 193 g/mol. The zero-order valence-corrected chi connectivity index (χ0v) is 9.72. The number of rotatable bonds is 2. The van der Waals surface area contributed by atoms with Crippen LogP contribution in [-0.2, 0) is 5.41 Å². The molecule has 0 bridgehead atoms. The summed E-state index contributed by atoms with van der Waals surface area (Å²) in [4.78, 5) is 4.41. The zero-order chi connectivity index (χ0) is 10.8. The van der Waals surface area contributed by atoms with Crippen molar-refractivity contribution >= 4 is 0 Å². The maximum atomic E-state index is 5.34. The van der Waals surface area contributed by atoms with Crippen LogP contribution in [0.1, 0.15) is 39.0 Å². The van der Waals surface area contributed by atoms with E-state index in [1.165, 1.54) is 5.56 Å². The fraction of sp³-hybridized carbons (Fsp3) is 0.583. The number of hydrogen-bond donors (Lipinski definition) is 0. The Balaban J connectivity index is 3.02. The molecule has 2 heteroatoms. The molecule has 0 N–H and O–H groups in total. The summed E-state index contributed by atoms with van der Waals surface area (Å²) in [6, 6.07) is 4.05. The lowest BCUT2D eigenvalue weighted by Gasteiger charge is -2.21. The summed E-state index contributed by atoms with van der Waals surface area (Å²) in [7, 11) is 0. The fourth-order valence-corrected chi connectivity index (χ4v) is 1.56. The Kier molecular flexibility index (Phi) is 3.14. The molecular weight excluding hydrogens is 174 g/mol. The molecule has 1 rings (SSSR count). The van der Waals surface area contributed by atoms with Crippen LogP contribution in [0.15, 0.2) is 12.1 Å². The fourth-order valence-electron chi connectivity index (χ4n) is 1.56. The number of aromatic nitrogens is 1. The van der Waals surface area contributed by atoms with Crippen molar-refractivity contribution in [2.45, 2.75) is 40.0 Å². The van der Waals surface area contributed by atoms with Crippen molar-refractivity contribution in [1.82, 2.24) is 4.98 Å². The van der Waals surface area contributed by atoms with Gasteiger partial charge in [0.25, 0.3) is 0 Å². The SMILES string of the molecule is CCOc1ccc(C(C)(C)C)c(C)n1. The van der Waals surface area contributed by atoms with Gasteiger partial charge in [-0.25, -0.2) is 4.98 Å². The standard InChI is InChI=1S/C12H19NO/c1-6-14-11-8-7-10(9(2)13-11)12(3,4)5/h7-8H,6H2,1-5H3. The average Bonchev–Trinajstić information content (AvgIpc) is 2.02. The maximum absolute atomic E-state index is 5.34. The van der Waals surface area contributed by atoms with E-state index in [-0.39, 0.29) is 5.41 Å². The summed E-state index contributed by atoms with van der Waals surface area (Å²) >= 11 is 0. The second-order valence-corrected chi connectivity index (χ2v) is 4.47. The van der Waals surface area contributed by atoms with Crippen molar-refractivity contribution in [2.75, 3.05) is 6.61 Å². The second-order valence-electron chi connectivity index (χ2n) is 4.47. The molecule has 0 radical (unpaired) electrons. The largest absolute Gasteiger partial charge is 0.478 e. The number of pyridine rings is 1. The highest BCUT2D eigenvalue weighted by molar-refractivity contribution is 5.30. The molecule has 0 atom stereocenters. The molecule has 0 unspecified atom stereocenters. The van der Waals surface area contributed by atoms with Gasteiger partial charge in [0, 0.05) is 11.8 Å². The Hall–Kier alpha value is -1.05. The molecule has 2 nitrogen and oxygen atoms in total. The Morgan fingerprint density at radius 2 is 1.93 bits per heavy atom. The molecule has 0 saturated carbocycles. The van der Waals surface area contributed by atoms with E-state index in [1.54, 1.807) is 0 Å². The van der Waals surface area contributed by atoms with Gasteiger partial charge in [-0.3, -0.25) is 0 Å². The van der Waals surface area contributed by atoms with E-state index in [0.717, 1.165) is 11.6 Å². The smallest absolute Gasteiger partial charge is 0.213 e.